The fourth-order valence-corrected chi connectivity index (χ4v) is 2.93. The molecule has 19 heavy (non-hydrogen) atoms. The van der Waals surface area contributed by atoms with Crippen molar-refractivity contribution in [3.05, 3.63) is 51.5 Å². The number of aromatic nitrogens is 1. The van der Waals surface area contributed by atoms with E-state index in [1.807, 2.05) is 43.5 Å². The molecule has 1 aromatic heterocycles. The molecule has 0 aliphatic carbocycles. The van der Waals surface area contributed by atoms with Crippen molar-refractivity contribution in [2.24, 2.45) is 5.92 Å². The quantitative estimate of drug-likeness (QED) is 0.911. The zero-order valence-corrected chi connectivity index (χ0v) is 11.9. The maximum Gasteiger partial charge on any atom is 0.307 e. The molecule has 1 heterocycles. The fraction of sp³-hybridized carbons (Fsp3) is 0.333. The van der Waals surface area contributed by atoms with Gasteiger partial charge in [0.1, 0.15) is 0 Å². The van der Waals surface area contributed by atoms with Gasteiger partial charge in [-0.25, -0.2) is 4.98 Å². The molecule has 0 radical (unpaired) electrons. The summed E-state index contributed by atoms with van der Waals surface area (Å²) in [5, 5.41) is 12.2. The Bertz CT molecular complexity index is 577. The van der Waals surface area contributed by atoms with Crippen molar-refractivity contribution in [3.8, 4) is 0 Å². The lowest BCUT2D eigenvalue weighted by Crippen LogP contribution is -2.19. The lowest BCUT2D eigenvalue weighted by Gasteiger charge is -2.11. The average Bonchev–Trinajstić information content (AvgIpc) is 2.74. The number of hydrogen-bond acceptors (Lipinski definition) is 3. The molecule has 0 amide bonds. The molecule has 1 aromatic carbocycles. The molecule has 0 fully saturated rings. The lowest BCUT2D eigenvalue weighted by atomic mass is 9.96. The van der Waals surface area contributed by atoms with Crippen molar-refractivity contribution in [1.29, 1.82) is 0 Å². The van der Waals surface area contributed by atoms with Crippen LogP contribution in [0.4, 0.5) is 0 Å². The van der Waals surface area contributed by atoms with E-state index in [9.17, 15) is 9.90 Å². The second-order valence-corrected chi connectivity index (χ2v) is 5.76. The molecular formula is C15H17NO2S. The van der Waals surface area contributed by atoms with E-state index in [1.165, 1.54) is 11.3 Å². The summed E-state index contributed by atoms with van der Waals surface area (Å²) in [4.78, 5) is 15.7. The van der Waals surface area contributed by atoms with Crippen LogP contribution < -0.4 is 0 Å². The summed E-state index contributed by atoms with van der Waals surface area (Å²) in [6.45, 7) is 3.94. The standard InChI is InChI=1S/C15H17NO2S/c1-10-4-3-5-12(6-10)7-13(15(17)18)8-14-16-11(2)9-19-14/h3-6,9,13H,7-8H2,1-2H3,(H,17,18). The molecule has 0 saturated heterocycles. The molecule has 0 bridgehead atoms. The van der Waals surface area contributed by atoms with Gasteiger partial charge < -0.3 is 5.11 Å². The number of aryl methyl sites for hydroxylation is 2. The normalized spacial score (nSPS) is 12.3. The first kappa shape index (κ1) is 13.7. The van der Waals surface area contributed by atoms with Crippen LogP contribution in [0.15, 0.2) is 29.6 Å². The van der Waals surface area contributed by atoms with Crippen molar-refractivity contribution in [1.82, 2.24) is 4.98 Å². The first-order valence-corrected chi connectivity index (χ1v) is 7.12. The van der Waals surface area contributed by atoms with Crippen molar-refractivity contribution in [2.75, 3.05) is 0 Å². The summed E-state index contributed by atoms with van der Waals surface area (Å²) >= 11 is 1.53. The van der Waals surface area contributed by atoms with Crippen LogP contribution in [0, 0.1) is 19.8 Å². The van der Waals surface area contributed by atoms with E-state index in [2.05, 4.69) is 4.98 Å². The SMILES string of the molecule is Cc1cccc(CC(Cc2nc(C)cs2)C(=O)O)c1. The maximum absolute atomic E-state index is 11.4. The van der Waals surface area contributed by atoms with Crippen LogP contribution in [0.2, 0.25) is 0 Å². The van der Waals surface area contributed by atoms with E-state index >= 15 is 0 Å². The number of carboxylic acid groups (broad SMARTS) is 1. The zero-order valence-electron chi connectivity index (χ0n) is 11.1. The molecular weight excluding hydrogens is 258 g/mol. The van der Waals surface area contributed by atoms with Gasteiger partial charge in [0.15, 0.2) is 0 Å². The Morgan fingerprint density at radius 1 is 1.37 bits per heavy atom. The Labute approximate surface area is 116 Å². The number of nitrogens with zero attached hydrogens (tertiary/aromatic N) is 1. The number of thiazole rings is 1. The maximum atomic E-state index is 11.4. The Balaban J connectivity index is 2.10. The molecule has 0 saturated carbocycles. The van der Waals surface area contributed by atoms with Gasteiger partial charge in [-0.3, -0.25) is 4.79 Å². The minimum absolute atomic E-state index is 0.410. The van der Waals surface area contributed by atoms with E-state index in [4.69, 9.17) is 0 Å². The smallest absolute Gasteiger partial charge is 0.307 e. The summed E-state index contributed by atoms with van der Waals surface area (Å²) in [7, 11) is 0. The summed E-state index contributed by atoms with van der Waals surface area (Å²) in [6.07, 6.45) is 1.05. The predicted molar refractivity (Wildman–Crippen MR) is 76.6 cm³/mol. The molecule has 1 atom stereocenters. The minimum atomic E-state index is -0.755. The molecule has 4 heteroatoms. The predicted octanol–water partition coefficient (Wildman–Crippen LogP) is 3.25. The zero-order chi connectivity index (χ0) is 13.8. The van der Waals surface area contributed by atoms with E-state index < -0.39 is 11.9 Å². The molecule has 3 nitrogen and oxygen atoms in total. The van der Waals surface area contributed by atoms with Crippen LogP contribution in [0.5, 0.6) is 0 Å². The number of hydrogen-bond donors (Lipinski definition) is 1. The highest BCUT2D eigenvalue weighted by Gasteiger charge is 2.20. The topological polar surface area (TPSA) is 50.2 Å². The van der Waals surface area contributed by atoms with E-state index in [1.54, 1.807) is 0 Å². The molecule has 2 aromatic rings. The third kappa shape index (κ3) is 3.89. The Hall–Kier alpha value is -1.68. The summed E-state index contributed by atoms with van der Waals surface area (Å²) in [5.41, 5.74) is 3.19. The van der Waals surface area contributed by atoms with E-state index in [0.717, 1.165) is 21.8 Å². The second-order valence-electron chi connectivity index (χ2n) is 4.82. The van der Waals surface area contributed by atoms with Gasteiger partial charge >= 0.3 is 5.97 Å². The highest BCUT2D eigenvalue weighted by Crippen LogP contribution is 2.18. The van der Waals surface area contributed by atoms with Crippen LogP contribution in [-0.2, 0) is 17.6 Å². The van der Waals surface area contributed by atoms with Gasteiger partial charge in [-0.1, -0.05) is 29.8 Å². The Morgan fingerprint density at radius 2 is 2.16 bits per heavy atom. The van der Waals surface area contributed by atoms with Gasteiger partial charge in [-0.15, -0.1) is 11.3 Å². The molecule has 2 rings (SSSR count). The second kappa shape index (κ2) is 5.97. The number of benzene rings is 1. The summed E-state index contributed by atoms with van der Waals surface area (Å²) < 4.78 is 0. The molecule has 100 valence electrons. The van der Waals surface area contributed by atoms with Crippen LogP contribution in [0.1, 0.15) is 21.8 Å². The third-order valence-electron chi connectivity index (χ3n) is 3.00. The van der Waals surface area contributed by atoms with Crippen molar-refractivity contribution in [3.63, 3.8) is 0 Å². The molecule has 1 N–H and O–H groups in total. The number of carbonyl (C=O) groups is 1. The first-order chi connectivity index (χ1) is 9.04. The van der Waals surface area contributed by atoms with Gasteiger partial charge in [0.25, 0.3) is 0 Å². The minimum Gasteiger partial charge on any atom is -0.481 e. The van der Waals surface area contributed by atoms with Gasteiger partial charge in [-0.2, -0.15) is 0 Å². The highest BCUT2D eigenvalue weighted by atomic mass is 32.1. The lowest BCUT2D eigenvalue weighted by molar-refractivity contribution is -0.141. The van der Waals surface area contributed by atoms with Gasteiger partial charge in [0.2, 0.25) is 0 Å². The van der Waals surface area contributed by atoms with Crippen LogP contribution in [-0.4, -0.2) is 16.1 Å². The van der Waals surface area contributed by atoms with E-state index in [0.29, 0.717) is 12.8 Å². The summed E-state index contributed by atoms with van der Waals surface area (Å²) in [5.74, 6) is -1.17. The molecule has 0 spiro atoms. The van der Waals surface area contributed by atoms with Gasteiger partial charge in [-0.05, 0) is 25.8 Å². The number of aliphatic carboxylic acids is 1. The Kier molecular flexibility index (Phi) is 4.32. The summed E-state index contributed by atoms with van der Waals surface area (Å²) in [6, 6.07) is 8.01. The van der Waals surface area contributed by atoms with Crippen LogP contribution in [0.25, 0.3) is 0 Å². The molecule has 0 aliphatic rings. The Morgan fingerprint density at radius 3 is 2.74 bits per heavy atom. The van der Waals surface area contributed by atoms with Gasteiger partial charge in [0.05, 0.1) is 10.9 Å². The van der Waals surface area contributed by atoms with E-state index in [-0.39, 0.29) is 0 Å². The highest BCUT2D eigenvalue weighted by molar-refractivity contribution is 7.09. The largest absolute Gasteiger partial charge is 0.481 e. The van der Waals surface area contributed by atoms with Crippen LogP contribution in [0.3, 0.4) is 0 Å². The third-order valence-corrected chi connectivity index (χ3v) is 3.99. The van der Waals surface area contributed by atoms with Gasteiger partial charge in [0, 0.05) is 17.5 Å². The molecule has 1 unspecified atom stereocenters. The fourth-order valence-electron chi connectivity index (χ4n) is 2.08. The van der Waals surface area contributed by atoms with Crippen molar-refractivity contribution >= 4 is 17.3 Å². The van der Waals surface area contributed by atoms with Crippen molar-refractivity contribution in [2.45, 2.75) is 26.7 Å². The average molecular weight is 275 g/mol. The number of rotatable bonds is 5. The molecule has 0 aliphatic heterocycles. The monoisotopic (exact) mass is 275 g/mol. The van der Waals surface area contributed by atoms with Crippen molar-refractivity contribution < 1.29 is 9.90 Å². The number of carboxylic acids is 1. The van der Waals surface area contributed by atoms with Crippen LogP contribution >= 0.6 is 11.3 Å². The first-order valence-electron chi connectivity index (χ1n) is 6.24.